The Morgan fingerprint density at radius 2 is 2.06 bits per heavy atom. The van der Waals surface area contributed by atoms with E-state index in [1.165, 1.54) is 0 Å². The summed E-state index contributed by atoms with van der Waals surface area (Å²) in [5, 5.41) is 8.59. The maximum absolute atomic E-state index is 10.5. The van der Waals surface area contributed by atoms with Crippen LogP contribution in [-0.2, 0) is 4.79 Å². The Labute approximate surface area is 102 Å². The zero-order valence-corrected chi connectivity index (χ0v) is 10.8. The van der Waals surface area contributed by atoms with Gasteiger partial charge in [-0.3, -0.25) is 0 Å². The molecule has 3 nitrogen and oxygen atoms in total. The van der Waals surface area contributed by atoms with Gasteiger partial charge in [-0.05, 0) is 50.1 Å². The van der Waals surface area contributed by atoms with Gasteiger partial charge < -0.3 is 10.0 Å². The highest BCUT2D eigenvalue weighted by Gasteiger charge is 2.05. The third-order valence-corrected chi connectivity index (χ3v) is 2.84. The van der Waals surface area contributed by atoms with Crippen LogP contribution in [-0.4, -0.2) is 24.2 Å². The molecular weight excluding hydrogens is 214 g/mol. The number of benzene rings is 1. The van der Waals surface area contributed by atoms with Crippen molar-refractivity contribution < 1.29 is 9.90 Å². The molecule has 0 unspecified atom stereocenters. The van der Waals surface area contributed by atoms with E-state index < -0.39 is 5.97 Å². The van der Waals surface area contributed by atoms with Crippen LogP contribution in [0.3, 0.4) is 0 Å². The van der Waals surface area contributed by atoms with Crippen molar-refractivity contribution in [2.24, 2.45) is 0 Å². The first-order valence-electron chi connectivity index (χ1n) is 5.66. The third kappa shape index (κ3) is 3.63. The molecule has 0 atom stereocenters. The van der Waals surface area contributed by atoms with E-state index in [4.69, 9.17) is 5.11 Å². The SMILES string of the molecule is Cc1cc(N(C)C(C)C)ccc1C=CC(=O)O. The molecule has 0 radical (unpaired) electrons. The number of anilines is 1. The van der Waals surface area contributed by atoms with Gasteiger partial charge in [-0.1, -0.05) is 6.07 Å². The number of nitrogens with zero attached hydrogens (tertiary/aromatic N) is 1. The van der Waals surface area contributed by atoms with Crippen molar-refractivity contribution in [1.82, 2.24) is 0 Å². The van der Waals surface area contributed by atoms with Crippen LogP contribution in [0, 0.1) is 6.92 Å². The molecule has 0 aliphatic rings. The fourth-order valence-electron chi connectivity index (χ4n) is 1.53. The van der Waals surface area contributed by atoms with E-state index >= 15 is 0 Å². The molecule has 0 fully saturated rings. The quantitative estimate of drug-likeness (QED) is 0.813. The molecule has 0 spiro atoms. The lowest BCUT2D eigenvalue weighted by Gasteiger charge is -2.24. The molecule has 1 aromatic carbocycles. The van der Waals surface area contributed by atoms with Gasteiger partial charge in [0.1, 0.15) is 0 Å². The summed E-state index contributed by atoms with van der Waals surface area (Å²) >= 11 is 0. The number of rotatable bonds is 4. The van der Waals surface area contributed by atoms with Crippen LogP contribution in [0.25, 0.3) is 6.08 Å². The summed E-state index contributed by atoms with van der Waals surface area (Å²) in [6.07, 6.45) is 2.78. The Balaban J connectivity index is 2.98. The normalized spacial score (nSPS) is 11.1. The molecule has 0 amide bonds. The van der Waals surface area contributed by atoms with Crippen LogP contribution in [0.5, 0.6) is 0 Å². The van der Waals surface area contributed by atoms with Crippen LogP contribution in [0.15, 0.2) is 24.3 Å². The highest BCUT2D eigenvalue weighted by molar-refractivity contribution is 5.85. The lowest BCUT2D eigenvalue weighted by Crippen LogP contribution is -2.25. The topological polar surface area (TPSA) is 40.5 Å². The molecular formula is C14H19NO2. The van der Waals surface area contributed by atoms with Gasteiger partial charge in [0.2, 0.25) is 0 Å². The Morgan fingerprint density at radius 1 is 1.41 bits per heavy atom. The van der Waals surface area contributed by atoms with Gasteiger partial charge in [0.15, 0.2) is 0 Å². The number of aliphatic carboxylic acids is 1. The van der Waals surface area contributed by atoms with Crippen molar-refractivity contribution in [2.45, 2.75) is 26.8 Å². The van der Waals surface area contributed by atoms with Gasteiger partial charge >= 0.3 is 5.97 Å². The predicted molar refractivity (Wildman–Crippen MR) is 71.4 cm³/mol. The van der Waals surface area contributed by atoms with E-state index in [2.05, 4.69) is 24.8 Å². The molecule has 1 N–H and O–H groups in total. The smallest absolute Gasteiger partial charge is 0.328 e. The average Bonchev–Trinajstić information content (AvgIpc) is 2.26. The van der Waals surface area contributed by atoms with E-state index in [0.29, 0.717) is 6.04 Å². The summed E-state index contributed by atoms with van der Waals surface area (Å²) in [5.74, 6) is -0.923. The molecule has 0 aromatic heterocycles. The third-order valence-electron chi connectivity index (χ3n) is 2.84. The molecule has 3 heteroatoms. The molecule has 0 bridgehead atoms. The second-order valence-corrected chi connectivity index (χ2v) is 4.42. The summed E-state index contributed by atoms with van der Waals surface area (Å²) < 4.78 is 0. The average molecular weight is 233 g/mol. The van der Waals surface area contributed by atoms with E-state index in [-0.39, 0.29) is 0 Å². The van der Waals surface area contributed by atoms with E-state index in [1.807, 2.05) is 26.1 Å². The molecule has 0 aliphatic carbocycles. The van der Waals surface area contributed by atoms with Crippen molar-refractivity contribution in [2.75, 3.05) is 11.9 Å². The maximum atomic E-state index is 10.5. The summed E-state index contributed by atoms with van der Waals surface area (Å²) in [4.78, 5) is 12.6. The highest BCUT2D eigenvalue weighted by atomic mass is 16.4. The zero-order valence-electron chi connectivity index (χ0n) is 10.8. The van der Waals surface area contributed by atoms with Crippen LogP contribution in [0.2, 0.25) is 0 Å². The Morgan fingerprint density at radius 3 is 2.53 bits per heavy atom. The van der Waals surface area contributed by atoms with Crippen LogP contribution >= 0.6 is 0 Å². The maximum Gasteiger partial charge on any atom is 0.328 e. The van der Waals surface area contributed by atoms with Crippen molar-refractivity contribution in [3.05, 3.63) is 35.4 Å². The summed E-state index contributed by atoms with van der Waals surface area (Å²) in [5.41, 5.74) is 3.16. The number of hydrogen-bond acceptors (Lipinski definition) is 2. The van der Waals surface area contributed by atoms with Crippen LogP contribution in [0.4, 0.5) is 5.69 Å². The van der Waals surface area contributed by atoms with Gasteiger partial charge in [0, 0.05) is 24.9 Å². The second kappa shape index (κ2) is 5.53. The van der Waals surface area contributed by atoms with E-state index in [1.54, 1.807) is 6.08 Å². The largest absolute Gasteiger partial charge is 0.478 e. The van der Waals surface area contributed by atoms with Crippen LogP contribution < -0.4 is 4.90 Å². The predicted octanol–water partition coefficient (Wildman–Crippen LogP) is 2.94. The molecule has 0 aliphatic heterocycles. The van der Waals surface area contributed by atoms with Gasteiger partial charge in [-0.2, -0.15) is 0 Å². The summed E-state index contributed by atoms with van der Waals surface area (Å²) in [6.45, 7) is 6.25. The zero-order chi connectivity index (χ0) is 13.0. The second-order valence-electron chi connectivity index (χ2n) is 4.42. The first-order chi connectivity index (χ1) is 7.91. The number of hydrogen-bond donors (Lipinski definition) is 1. The van der Waals surface area contributed by atoms with Crippen molar-refractivity contribution in [3.8, 4) is 0 Å². The lowest BCUT2D eigenvalue weighted by molar-refractivity contribution is -0.131. The Kier molecular flexibility index (Phi) is 4.32. The van der Waals surface area contributed by atoms with Gasteiger partial charge in [-0.15, -0.1) is 0 Å². The lowest BCUT2D eigenvalue weighted by atomic mass is 10.1. The number of carboxylic acid groups (broad SMARTS) is 1. The number of carbonyl (C=O) groups is 1. The highest BCUT2D eigenvalue weighted by Crippen LogP contribution is 2.20. The van der Waals surface area contributed by atoms with Crippen molar-refractivity contribution in [1.29, 1.82) is 0 Å². The molecule has 1 aromatic rings. The molecule has 0 heterocycles. The van der Waals surface area contributed by atoms with Gasteiger partial charge in [-0.25, -0.2) is 4.79 Å². The minimum absolute atomic E-state index is 0.440. The van der Waals surface area contributed by atoms with E-state index in [9.17, 15) is 4.79 Å². The summed E-state index contributed by atoms with van der Waals surface area (Å²) in [6, 6.07) is 6.47. The number of aryl methyl sites for hydroxylation is 1. The molecule has 92 valence electrons. The van der Waals surface area contributed by atoms with Crippen LogP contribution in [0.1, 0.15) is 25.0 Å². The Bertz CT molecular complexity index is 436. The van der Waals surface area contributed by atoms with Gasteiger partial charge in [0.25, 0.3) is 0 Å². The standard InChI is InChI=1S/C14H19NO2/c1-10(2)15(4)13-7-5-12(11(3)9-13)6-8-14(16)17/h5-10H,1-4H3,(H,16,17). The minimum atomic E-state index is -0.923. The van der Waals surface area contributed by atoms with Gasteiger partial charge in [0.05, 0.1) is 0 Å². The molecule has 17 heavy (non-hydrogen) atoms. The van der Waals surface area contributed by atoms with Crippen molar-refractivity contribution >= 4 is 17.7 Å². The van der Waals surface area contributed by atoms with E-state index in [0.717, 1.165) is 22.9 Å². The molecule has 0 saturated carbocycles. The Hall–Kier alpha value is -1.77. The minimum Gasteiger partial charge on any atom is -0.478 e. The fraction of sp³-hybridized carbons (Fsp3) is 0.357. The molecule has 1 rings (SSSR count). The summed E-state index contributed by atoms with van der Waals surface area (Å²) in [7, 11) is 2.05. The monoisotopic (exact) mass is 233 g/mol. The first kappa shape index (κ1) is 13.3. The molecule has 0 saturated heterocycles. The number of carboxylic acids is 1. The first-order valence-corrected chi connectivity index (χ1v) is 5.66. The van der Waals surface area contributed by atoms with Crippen molar-refractivity contribution in [3.63, 3.8) is 0 Å². The fourth-order valence-corrected chi connectivity index (χ4v) is 1.53.